The van der Waals surface area contributed by atoms with E-state index in [2.05, 4.69) is 40.2 Å². The fourth-order valence-corrected chi connectivity index (χ4v) is 7.03. The summed E-state index contributed by atoms with van der Waals surface area (Å²) in [6, 6.07) is 4.13. The molecule has 0 radical (unpaired) electrons. The molecule has 4 rings (SSSR count). The van der Waals surface area contributed by atoms with E-state index in [9.17, 15) is 9.35 Å². The number of anilines is 1. The average Bonchev–Trinajstić information content (AvgIpc) is 2.97. The summed E-state index contributed by atoms with van der Waals surface area (Å²) in [5.74, 6) is 2.34. The number of rotatable bonds is 4. The third-order valence-electron chi connectivity index (χ3n) is 7.26. The van der Waals surface area contributed by atoms with Crippen LogP contribution in [0.1, 0.15) is 33.1 Å². The zero-order valence-electron chi connectivity index (χ0n) is 16.0. The van der Waals surface area contributed by atoms with Gasteiger partial charge in [-0.25, -0.2) is 4.98 Å². The van der Waals surface area contributed by atoms with E-state index in [1.54, 1.807) is 0 Å². The summed E-state index contributed by atoms with van der Waals surface area (Å²) in [6.07, 6.45) is 4.62. The fraction of sp³-hybridized carbons (Fsp3) is 0.684. The minimum Gasteiger partial charge on any atom is -0.598 e. The van der Waals surface area contributed by atoms with Crippen LogP contribution in [0.3, 0.4) is 0 Å². The van der Waals surface area contributed by atoms with Crippen molar-refractivity contribution in [1.82, 2.24) is 9.29 Å². The smallest absolute Gasteiger partial charge is 0.144 e. The van der Waals surface area contributed by atoms with Crippen molar-refractivity contribution in [2.45, 2.75) is 33.1 Å². The minimum absolute atomic E-state index is 0.00656. The molecule has 5 nitrogen and oxygen atoms in total. The summed E-state index contributed by atoms with van der Waals surface area (Å²) in [7, 11) is 2.04. The van der Waals surface area contributed by atoms with Crippen molar-refractivity contribution in [1.29, 1.82) is 0 Å². The highest BCUT2D eigenvalue weighted by Gasteiger charge is 2.66. The van der Waals surface area contributed by atoms with Gasteiger partial charge in [0.25, 0.3) is 0 Å². The van der Waals surface area contributed by atoms with Crippen LogP contribution in [0.25, 0.3) is 0 Å². The second-order valence-electron chi connectivity index (χ2n) is 8.74. The molecule has 0 aromatic carbocycles. The molecular formula is C19H28BN3O2S. The van der Waals surface area contributed by atoms with Crippen molar-refractivity contribution >= 4 is 36.3 Å². The molecule has 3 aliphatic rings. The van der Waals surface area contributed by atoms with E-state index in [0.717, 1.165) is 50.3 Å². The number of hydrogen-bond donors (Lipinski definition) is 0. The molecule has 1 aliphatic heterocycles. The third-order valence-corrected chi connectivity index (χ3v) is 8.94. The number of aromatic nitrogens is 1. The molecule has 2 bridgehead atoms. The van der Waals surface area contributed by atoms with Crippen molar-refractivity contribution in [2.24, 2.45) is 16.7 Å². The summed E-state index contributed by atoms with van der Waals surface area (Å²) in [4.78, 5) is 19.4. The van der Waals surface area contributed by atoms with Crippen LogP contribution >= 0.6 is 0 Å². The van der Waals surface area contributed by atoms with Gasteiger partial charge in [0.15, 0.2) is 0 Å². The van der Waals surface area contributed by atoms with Crippen LogP contribution in [0.2, 0.25) is 0 Å². The SMILES string of the molecule is Bc1ccc(N2CCN([S+]([O-])C[C@@]34CC[C@@H](CC3=O)C4(C)C)CC2)nc1. The van der Waals surface area contributed by atoms with Crippen LogP contribution in [0.15, 0.2) is 18.3 Å². The van der Waals surface area contributed by atoms with E-state index in [1.807, 2.05) is 14.0 Å². The zero-order valence-corrected chi connectivity index (χ0v) is 16.8. The standard InChI is InChI=1S/C19H28BN3O2S/c1-18(2)14-5-6-19(18,16(24)11-14)13-26(25)23-9-7-22(8-10-23)17-4-3-15(20)12-21-17/h3-4,12,14H,5-11,13,20H2,1-2H3/t14-,19-,26?/m0/s1. The van der Waals surface area contributed by atoms with Crippen molar-refractivity contribution in [3.63, 3.8) is 0 Å². The average molecular weight is 373 g/mol. The van der Waals surface area contributed by atoms with Crippen LogP contribution in [0.4, 0.5) is 5.82 Å². The highest BCUT2D eigenvalue weighted by atomic mass is 32.2. The monoisotopic (exact) mass is 373 g/mol. The molecule has 0 amide bonds. The first-order chi connectivity index (χ1) is 12.3. The summed E-state index contributed by atoms with van der Waals surface area (Å²) in [5.41, 5.74) is 0.789. The number of carbonyl (C=O) groups excluding carboxylic acids is 1. The Morgan fingerprint density at radius 1 is 1.31 bits per heavy atom. The van der Waals surface area contributed by atoms with E-state index in [0.29, 0.717) is 23.9 Å². The first kappa shape index (κ1) is 18.3. The van der Waals surface area contributed by atoms with Gasteiger partial charge >= 0.3 is 0 Å². The Morgan fingerprint density at radius 3 is 2.58 bits per heavy atom. The van der Waals surface area contributed by atoms with Crippen molar-refractivity contribution < 1.29 is 9.35 Å². The normalized spacial score (nSPS) is 32.2. The number of hydrogen-bond acceptors (Lipinski definition) is 5. The predicted molar refractivity (Wildman–Crippen MR) is 108 cm³/mol. The van der Waals surface area contributed by atoms with Gasteiger partial charge in [-0.3, -0.25) is 4.79 Å². The number of ketones is 1. The first-order valence-electron chi connectivity index (χ1n) is 9.68. The molecule has 0 spiro atoms. The number of fused-ring (bicyclic) bond motifs is 2. The maximum atomic E-state index is 13.1. The van der Waals surface area contributed by atoms with E-state index >= 15 is 0 Å². The summed E-state index contributed by atoms with van der Waals surface area (Å²) >= 11 is -1.09. The maximum Gasteiger partial charge on any atom is 0.144 e. The quantitative estimate of drug-likeness (QED) is 0.569. The summed E-state index contributed by atoms with van der Waals surface area (Å²) < 4.78 is 15.2. The Kier molecular flexibility index (Phi) is 4.60. The third kappa shape index (κ3) is 2.79. The Bertz CT molecular complexity index is 691. The Morgan fingerprint density at radius 2 is 2.04 bits per heavy atom. The van der Waals surface area contributed by atoms with Gasteiger partial charge in [0.05, 0.1) is 18.5 Å². The molecule has 140 valence electrons. The largest absolute Gasteiger partial charge is 0.598 e. The zero-order chi connectivity index (χ0) is 18.5. The van der Waals surface area contributed by atoms with Crippen LogP contribution in [-0.2, 0) is 16.2 Å². The number of piperazine rings is 1. The molecule has 0 N–H and O–H groups in total. The van der Waals surface area contributed by atoms with E-state index in [1.165, 1.54) is 0 Å². The number of carbonyl (C=O) groups is 1. The van der Waals surface area contributed by atoms with Crippen molar-refractivity contribution in [2.75, 3.05) is 36.8 Å². The predicted octanol–water partition coefficient (Wildman–Crippen LogP) is 0.521. The minimum atomic E-state index is -1.09. The summed E-state index contributed by atoms with van der Waals surface area (Å²) in [5, 5.41) is 0. The van der Waals surface area contributed by atoms with Gasteiger partial charge in [-0.05, 0) is 30.2 Å². The van der Waals surface area contributed by atoms with Gasteiger partial charge in [-0.1, -0.05) is 25.4 Å². The molecular weight excluding hydrogens is 345 g/mol. The second kappa shape index (κ2) is 6.53. The van der Waals surface area contributed by atoms with Gasteiger partial charge < -0.3 is 9.45 Å². The lowest BCUT2D eigenvalue weighted by atomic mass is 9.70. The highest BCUT2D eigenvalue weighted by Crippen LogP contribution is 2.64. The Hall–Kier alpha value is -1.05. The molecule has 1 unspecified atom stereocenters. The number of Topliss-reactive ketones (excluding diaryl/α,β-unsaturated/α-hetero) is 1. The van der Waals surface area contributed by atoms with Gasteiger partial charge in [0, 0.05) is 37.1 Å². The fourth-order valence-electron chi connectivity index (χ4n) is 5.18. The molecule has 1 aromatic rings. The molecule has 7 heteroatoms. The van der Waals surface area contributed by atoms with E-state index in [-0.39, 0.29) is 10.8 Å². The topological polar surface area (TPSA) is 59.5 Å². The second-order valence-corrected chi connectivity index (χ2v) is 10.2. The van der Waals surface area contributed by atoms with Gasteiger partial charge in [0.2, 0.25) is 0 Å². The molecule has 26 heavy (non-hydrogen) atoms. The lowest BCUT2D eigenvalue weighted by molar-refractivity contribution is -0.128. The molecule has 3 fully saturated rings. The lowest BCUT2D eigenvalue weighted by Gasteiger charge is -2.40. The van der Waals surface area contributed by atoms with Crippen molar-refractivity contribution in [3.8, 4) is 0 Å². The lowest BCUT2D eigenvalue weighted by Crippen LogP contribution is -2.53. The molecule has 2 saturated carbocycles. The van der Waals surface area contributed by atoms with Crippen LogP contribution in [0.5, 0.6) is 0 Å². The van der Waals surface area contributed by atoms with Crippen LogP contribution in [0, 0.1) is 16.7 Å². The van der Waals surface area contributed by atoms with Crippen molar-refractivity contribution in [3.05, 3.63) is 18.3 Å². The highest BCUT2D eigenvalue weighted by molar-refractivity contribution is 7.89. The molecule has 3 atom stereocenters. The van der Waals surface area contributed by atoms with E-state index < -0.39 is 11.4 Å². The molecule has 1 saturated heterocycles. The molecule has 2 aliphatic carbocycles. The Labute approximate surface area is 160 Å². The molecule has 2 heterocycles. The number of pyridine rings is 1. The van der Waals surface area contributed by atoms with Gasteiger partial charge in [0.1, 0.15) is 25.2 Å². The van der Waals surface area contributed by atoms with E-state index in [4.69, 9.17) is 0 Å². The number of nitrogens with zero attached hydrogens (tertiary/aromatic N) is 3. The van der Waals surface area contributed by atoms with Gasteiger partial charge in [-0.2, -0.15) is 0 Å². The first-order valence-corrected chi connectivity index (χ1v) is 11.0. The Balaban J connectivity index is 1.39. The van der Waals surface area contributed by atoms with Crippen LogP contribution < -0.4 is 10.4 Å². The van der Waals surface area contributed by atoms with Crippen LogP contribution in [-0.4, -0.2) is 59.4 Å². The van der Waals surface area contributed by atoms with Gasteiger partial charge in [-0.15, -0.1) is 4.31 Å². The summed E-state index contributed by atoms with van der Waals surface area (Å²) in [6.45, 7) is 7.61. The maximum absolute atomic E-state index is 13.1. The molecule has 1 aromatic heterocycles.